The van der Waals surface area contributed by atoms with Crippen molar-refractivity contribution in [3.8, 4) is 27.9 Å². The number of nitrogens with zero attached hydrogens (tertiary/aromatic N) is 3. The molecule has 4 nitrogen and oxygen atoms in total. The second-order valence-corrected chi connectivity index (χ2v) is 17.9. The molecule has 1 spiro atoms. The monoisotopic (exact) mass is 811 g/mol. The van der Waals surface area contributed by atoms with E-state index in [4.69, 9.17) is 14.4 Å². The van der Waals surface area contributed by atoms with Crippen LogP contribution in [0, 0.1) is 0 Å². The molecule has 1 atom stereocenters. The number of aromatic nitrogens is 1. The third-order valence-corrected chi connectivity index (χ3v) is 14.4. The van der Waals surface area contributed by atoms with E-state index in [0.717, 1.165) is 75.1 Å². The molecule has 2 aliphatic carbocycles. The van der Waals surface area contributed by atoms with Crippen LogP contribution in [0.4, 0.5) is 0 Å². The molecule has 2 aromatic heterocycles. The van der Waals surface area contributed by atoms with Crippen molar-refractivity contribution in [2.24, 2.45) is 9.98 Å². The third kappa shape index (κ3) is 5.81. The van der Waals surface area contributed by atoms with Crippen LogP contribution in [0.3, 0.4) is 0 Å². The van der Waals surface area contributed by atoms with Gasteiger partial charge in [-0.05, 0) is 125 Å². The molecular formula is C59H45N3O. The predicted molar refractivity (Wildman–Crippen MR) is 261 cm³/mol. The van der Waals surface area contributed by atoms with Crippen molar-refractivity contribution in [1.82, 2.24) is 4.57 Å². The van der Waals surface area contributed by atoms with Gasteiger partial charge in [0.1, 0.15) is 11.2 Å². The molecule has 3 aliphatic rings. The van der Waals surface area contributed by atoms with Crippen LogP contribution in [-0.4, -0.2) is 16.1 Å². The van der Waals surface area contributed by atoms with Crippen molar-refractivity contribution in [3.63, 3.8) is 0 Å². The van der Waals surface area contributed by atoms with Crippen LogP contribution in [0.25, 0.3) is 71.7 Å². The van der Waals surface area contributed by atoms with Crippen molar-refractivity contribution in [1.29, 1.82) is 0 Å². The Morgan fingerprint density at radius 2 is 1.27 bits per heavy atom. The minimum absolute atomic E-state index is 0.0812. The summed E-state index contributed by atoms with van der Waals surface area (Å²) in [6, 6.07) is 66.4. The molecule has 1 fully saturated rings. The summed E-state index contributed by atoms with van der Waals surface area (Å²) in [7, 11) is 0. The predicted octanol–water partition coefficient (Wildman–Crippen LogP) is 15.4. The zero-order valence-electron chi connectivity index (χ0n) is 35.1. The number of hydrogen-bond donors (Lipinski definition) is 0. The molecule has 10 aromatic rings. The normalized spacial score (nSPS) is 16.9. The maximum Gasteiger partial charge on any atom is 0.155 e. The minimum Gasteiger partial charge on any atom is -0.456 e. The smallest absolute Gasteiger partial charge is 0.155 e. The van der Waals surface area contributed by atoms with Gasteiger partial charge in [0.25, 0.3) is 0 Å². The number of para-hydroxylation sites is 1. The molecule has 1 aliphatic heterocycles. The molecule has 8 aromatic carbocycles. The number of hydrogen-bond acceptors (Lipinski definition) is 3. The Labute approximate surface area is 366 Å². The first kappa shape index (κ1) is 36.4. The highest BCUT2D eigenvalue weighted by atomic mass is 16.3. The topological polar surface area (TPSA) is 42.8 Å². The Morgan fingerprint density at radius 3 is 2.14 bits per heavy atom. The van der Waals surface area contributed by atoms with Crippen LogP contribution >= 0.6 is 0 Å². The molecule has 0 saturated heterocycles. The van der Waals surface area contributed by atoms with E-state index in [9.17, 15) is 0 Å². The van der Waals surface area contributed by atoms with Crippen LogP contribution in [0.1, 0.15) is 78.8 Å². The average Bonchev–Trinajstić information content (AvgIpc) is 4.11. The summed E-state index contributed by atoms with van der Waals surface area (Å²) in [5, 5.41) is 4.82. The molecule has 1 unspecified atom stereocenters. The summed E-state index contributed by atoms with van der Waals surface area (Å²) in [5.74, 6) is 0.764. The van der Waals surface area contributed by atoms with Gasteiger partial charge in [-0.15, -0.1) is 0 Å². The van der Waals surface area contributed by atoms with Gasteiger partial charge in [-0.3, -0.25) is 4.99 Å². The fourth-order valence-corrected chi connectivity index (χ4v) is 11.4. The number of amidine groups is 1. The van der Waals surface area contributed by atoms with Gasteiger partial charge in [0.05, 0.1) is 22.8 Å². The highest BCUT2D eigenvalue weighted by Crippen LogP contribution is 2.58. The van der Waals surface area contributed by atoms with Gasteiger partial charge in [0.15, 0.2) is 5.84 Å². The second kappa shape index (κ2) is 14.4. The number of rotatable bonds is 5. The lowest BCUT2D eigenvalue weighted by atomic mass is 9.76. The molecule has 63 heavy (non-hydrogen) atoms. The molecule has 302 valence electrons. The van der Waals surface area contributed by atoms with Gasteiger partial charge < -0.3 is 8.98 Å². The molecule has 0 radical (unpaired) electrons. The molecule has 1 saturated carbocycles. The Bertz CT molecular complexity index is 3490. The lowest BCUT2D eigenvalue weighted by molar-refractivity contribution is 0.550. The van der Waals surface area contributed by atoms with Crippen LogP contribution in [-0.2, 0) is 5.41 Å². The standard InChI is InChI=1S/C59H45N3O/c1-3-15-38(16-4-1)40-28-30-56-49(34-40)46-29-27-41(35-57(46)63-56)53-25-14-24-52(39-17-5-2-6-18-39)60-58(61-53)42-19-13-20-43(33-42)62-54-26-10-8-22-45(54)48-36-47-44-21-7-9-23-50(44)59(31-11-12-32-59)51(47)37-55(48)62/h1-10,13,15-23,26-30,33-37,53H,11-12,14,24-25,31-32H2. The molecule has 4 heteroatoms. The first-order valence-corrected chi connectivity index (χ1v) is 22.7. The van der Waals surface area contributed by atoms with E-state index in [2.05, 4.69) is 187 Å². The van der Waals surface area contributed by atoms with Gasteiger partial charge in [-0.1, -0.05) is 146 Å². The molecule has 0 amide bonds. The lowest BCUT2D eigenvalue weighted by Gasteiger charge is -2.26. The van der Waals surface area contributed by atoms with E-state index in [0.29, 0.717) is 0 Å². The van der Waals surface area contributed by atoms with Crippen LogP contribution in [0.5, 0.6) is 0 Å². The SMILES string of the molecule is c1ccc(C2=NC(c3cccc(-n4c5ccccc5c5cc6c(cc54)C4(CCCC4)c4ccccc4-6)c3)=NC(c3ccc4c(c3)oc3ccc(-c5ccccc5)cc34)CCC2)cc1. The van der Waals surface area contributed by atoms with E-state index in [1.807, 2.05) is 0 Å². The average molecular weight is 812 g/mol. The molecular weight excluding hydrogens is 767 g/mol. The van der Waals surface area contributed by atoms with Crippen molar-refractivity contribution in [2.45, 2.75) is 56.4 Å². The van der Waals surface area contributed by atoms with Gasteiger partial charge >= 0.3 is 0 Å². The van der Waals surface area contributed by atoms with Gasteiger partial charge in [-0.2, -0.15) is 0 Å². The minimum atomic E-state index is -0.0812. The van der Waals surface area contributed by atoms with E-state index in [-0.39, 0.29) is 11.5 Å². The van der Waals surface area contributed by atoms with Crippen molar-refractivity contribution < 1.29 is 4.42 Å². The number of aliphatic imine (C=N–C) groups is 2. The molecule has 0 N–H and O–H groups in total. The number of benzene rings is 8. The zero-order valence-corrected chi connectivity index (χ0v) is 35.1. The second-order valence-electron chi connectivity index (χ2n) is 17.9. The van der Waals surface area contributed by atoms with Gasteiger partial charge in [0, 0.05) is 38.2 Å². The summed E-state index contributed by atoms with van der Waals surface area (Å²) in [5.41, 5.74) is 18.1. The number of furan rings is 1. The molecule has 3 heterocycles. The summed E-state index contributed by atoms with van der Waals surface area (Å²) in [6.45, 7) is 0. The maximum absolute atomic E-state index is 6.54. The Kier molecular flexibility index (Phi) is 8.31. The summed E-state index contributed by atoms with van der Waals surface area (Å²) >= 11 is 0. The lowest BCUT2D eigenvalue weighted by Crippen LogP contribution is -2.20. The van der Waals surface area contributed by atoms with E-state index in [1.54, 1.807) is 0 Å². The van der Waals surface area contributed by atoms with E-state index in [1.165, 1.54) is 80.9 Å². The van der Waals surface area contributed by atoms with Crippen LogP contribution in [0.15, 0.2) is 196 Å². The van der Waals surface area contributed by atoms with Crippen LogP contribution in [0.2, 0.25) is 0 Å². The maximum atomic E-state index is 6.54. The third-order valence-electron chi connectivity index (χ3n) is 14.4. The summed E-state index contributed by atoms with van der Waals surface area (Å²) < 4.78 is 9.03. The zero-order chi connectivity index (χ0) is 41.5. The largest absolute Gasteiger partial charge is 0.456 e. The van der Waals surface area contributed by atoms with Crippen LogP contribution < -0.4 is 0 Å². The fourth-order valence-electron chi connectivity index (χ4n) is 11.4. The van der Waals surface area contributed by atoms with Gasteiger partial charge in [0.2, 0.25) is 0 Å². The highest BCUT2D eigenvalue weighted by molar-refractivity contribution is 6.14. The molecule has 0 bridgehead atoms. The van der Waals surface area contributed by atoms with E-state index < -0.39 is 0 Å². The first-order valence-electron chi connectivity index (χ1n) is 22.7. The quantitative estimate of drug-likeness (QED) is 0.171. The Morgan fingerprint density at radius 1 is 0.492 bits per heavy atom. The highest BCUT2D eigenvalue weighted by Gasteiger charge is 2.45. The summed E-state index contributed by atoms with van der Waals surface area (Å²) in [4.78, 5) is 11.1. The summed E-state index contributed by atoms with van der Waals surface area (Å²) in [6.07, 6.45) is 7.71. The van der Waals surface area contributed by atoms with E-state index >= 15 is 0 Å². The first-order chi connectivity index (χ1) is 31.2. The van der Waals surface area contributed by atoms with Crippen molar-refractivity contribution in [2.75, 3.05) is 0 Å². The Balaban J connectivity index is 0.954. The van der Waals surface area contributed by atoms with Crippen molar-refractivity contribution >= 4 is 55.3 Å². The fraction of sp³-hybridized carbons (Fsp3) is 0.153. The van der Waals surface area contributed by atoms with Gasteiger partial charge in [-0.25, -0.2) is 4.99 Å². The molecule has 13 rings (SSSR count). The van der Waals surface area contributed by atoms with Crippen molar-refractivity contribution in [3.05, 3.63) is 210 Å². The Hall–Kier alpha value is -7.30. The number of fused-ring (bicyclic) bond motifs is 11.